The Kier molecular flexibility index (Phi) is 5.43. The highest BCUT2D eigenvalue weighted by Gasteiger charge is 2.22. The van der Waals surface area contributed by atoms with E-state index in [0.717, 1.165) is 30.5 Å². The molecule has 4 nitrogen and oxygen atoms in total. The first-order valence-corrected chi connectivity index (χ1v) is 7.89. The van der Waals surface area contributed by atoms with E-state index in [9.17, 15) is 9.90 Å². The van der Waals surface area contributed by atoms with Crippen molar-refractivity contribution in [2.45, 2.75) is 19.8 Å². The zero-order chi connectivity index (χ0) is 14.5. The highest BCUT2D eigenvalue weighted by atomic mass is 79.9. The lowest BCUT2D eigenvalue weighted by molar-refractivity contribution is 0.0726. The molecule has 1 aliphatic heterocycles. The van der Waals surface area contributed by atoms with Gasteiger partial charge in [0.05, 0.1) is 5.56 Å². The molecule has 1 aliphatic rings. The summed E-state index contributed by atoms with van der Waals surface area (Å²) in [7, 11) is 0. The van der Waals surface area contributed by atoms with Gasteiger partial charge in [0, 0.05) is 17.6 Å². The minimum Gasteiger partial charge on any atom is -0.507 e. The van der Waals surface area contributed by atoms with E-state index in [1.54, 1.807) is 18.2 Å². The third-order valence-corrected chi connectivity index (χ3v) is 4.23. The van der Waals surface area contributed by atoms with Gasteiger partial charge in [-0.05, 0) is 57.0 Å². The van der Waals surface area contributed by atoms with Gasteiger partial charge in [0.15, 0.2) is 0 Å². The summed E-state index contributed by atoms with van der Waals surface area (Å²) >= 11 is 3.34. The Morgan fingerprint density at radius 3 is 3.00 bits per heavy atom. The summed E-state index contributed by atoms with van der Waals surface area (Å²) in [6.45, 7) is 5.41. The van der Waals surface area contributed by atoms with Gasteiger partial charge in [-0.1, -0.05) is 15.9 Å². The molecule has 20 heavy (non-hydrogen) atoms. The topological polar surface area (TPSA) is 52.6 Å². The first-order valence-electron chi connectivity index (χ1n) is 7.10. The number of carbonyl (C=O) groups excluding carboxylic acids is 1. The van der Waals surface area contributed by atoms with Crippen molar-refractivity contribution in [3.05, 3.63) is 28.2 Å². The minimum atomic E-state index is -0.100. The maximum atomic E-state index is 12.5. The molecular formula is C15H21BrN2O2. The van der Waals surface area contributed by atoms with Crippen LogP contribution in [0.2, 0.25) is 0 Å². The number of hydrogen-bond donors (Lipinski definition) is 2. The van der Waals surface area contributed by atoms with Crippen LogP contribution in [-0.4, -0.2) is 42.1 Å². The summed E-state index contributed by atoms with van der Waals surface area (Å²) in [4.78, 5) is 14.4. The quantitative estimate of drug-likeness (QED) is 0.885. The second-order valence-corrected chi connectivity index (χ2v) is 6.13. The van der Waals surface area contributed by atoms with E-state index >= 15 is 0 Å². The van der Waals surface area contributed by atoms with E-state index in [1.807, 2.05) is 11.8 Å². The molecule has 1 saturated heterocycles. The summed E-state index contributed by atoms with van der Waals surface area (Å²) in [5, 5.41) is 13.2. The van der Waals surface area contributed by atoms with Crippen LogP contribution in [0.3, 0.4) is 0 Å². The molecule has 110 valence electrons. The van der Waals surface area contributed by atoms with Gasteiger partial charge in [-0.3, -0.25) is 4.79 Å². The lowest BCUT2D eigenvalue weighted by Crippen LogP contribution is -2.41. The summed E-state index contributed by atoms with van der Waals surface area (Å²) in [6, 6.07) is 4.96. The van der Waals surface area contributed by atoms with Crippen molar-refractivity contribution in [1.29, 1.82) is 0 Å². The fourth-order valence-corrected chi connectivity index (χ4v) is 2.96. The lowest BCUT2D eigenvalue weighted by Gasteiger charge is -2.29. The molecule has 1 aromatic carbocycles. The van der Waals surface area contributed by atoms with E-state index in [0.29, 0.717) is 18.0 Å². The number of piperidine rings is 1. The van der Waals surface area contributed by atoms with Gasteiger partial charge in [-0.25, -0.2) is 0 Å². The number of carbonyl (C=O) groups is 1. The first kappa shape index (κ1) is 15.3. The Bertz CT molecular complexity index is 473. The van der Waals surface area contributed by atoms with Gasteiger partial charge in [-0.15, -0.1) is 0 Å². The number of halogens is 1. The predicted octanol–water partition coefficient (Wildman–Crippen LogP) is 2.62. The molecule has 1 atom stereocenters. The van der Waals surface area contributed by atoms with Gasteiger partial charge >= 0.3 is 0 Å². The van der Waals surface area contributed by atoms with Crippen LogP contribution in [0, 0.1) is 5.92 Å². The van der Waals surface area contributed by atoms with Crippen molar-refractivity contribution in [1.82, 2.24) is 10.2 Å². The molecule has 5 heteroatoms. The SMILES string of the molecule is CCN(CC1CCCNC1)C(=O)c1cc(Br)ccc1O. The zero-order valence-corrected chi connectivity index (χ0v) is 13.3. The Labute approximate surface area is 128 Å². The summed E-state index contributed by atoms with van der Waals surface area (Å²) < 4.78 is 0.800. The fourth-order valence-electron chi connectivity index (χ4n) is 2.60. The van der Waals surface area contributed by atoms with E-state index in [-0.39, 0.29) is 11.7 Å². The van der Waals surface area contributed by atoms with Crippen LogP contribution in [0.4, 0.5) is 0 Å². The molecule has 0 aromatic heterocycles. The fraction of sp³-hybridized carbons (Fsp3) is 0.533. The molecule has 1 unspecified atom stereocenters. The van der Waals surface area contributed by atoms with Crippen molar-refractivity contribution in [3.8, 4) is 5.75 Å². The highest BCUT2D eigenvalue weighted by molar-refractivity contribution is 9.10. The average Bonchev–Trinajstić information content (AvgIpc) is 2.47. The Morgan fingerprint density at radius 2 is 2.35 bits per heavy atom. The molecule has 2 rings (SSSR count). The molecule has 1 amide bonds. The molecular weight excluding hydrogens is 320 g/mol. The number of rotatable bonds is 4. The van der Waals surface area contributed by atoms with Crippen molar-refractivity contribution < 1.29 is 9.90 Å². The van der Waals surface area contributed by atoms with Crippen LogP contribution in [0.15, 0.2) is 22.7 Å². The lowest BCUT2D eigenvalue weighted by atomic mass is 9.98. The monoisotopic (exact) mass is 340 g/mol. The Balaban J connectivity index is 2.09. The molecule has 1 heterocycles. The number of benzene rings is 1. The minimum absolute atomic E-state index is 0.0402. The molecule has 0 saturated carbocycles. The predicted molar refractivity (Wildman–Crippen MR) is 83.0 cm³/mol. The van der Waals surface area contributed by atoms with E-state index in [1.165, 1.54) is 6.42 Å². The third kappa shape index (κ3) is 3.73. The zero-order valence-electron chi connectivity index (χ0n) is 11.7. The largest absolute Gasteiger partial charge is 0.507 e. The van der Waals surface area contributed by atoms with Crippen LogP contribution in [0.5, 0.6) is 5.75 Å². The number of phenols is 1. The van der Waals surface area contributed by atoms with Crippen molar-refractivity contribution in [2.24, 2.45) is 5.92 Å². The van der Waals surface area contributed by atoms with Crippen LogP contribution in [0.25, 0.3) is 0 Å². The maximum Gasteiger partial charge on any atom is 0.257 e. The average molecular weight is 341 g/mol. The second kappa shape index (κ2) is 7.09. The number of phenolic OH excluding ortho intramolecular Hbond substituents is 1. The maximum absolute atomic E-state index is 12.5. The number of nitrogens with zero attached hydrogens (tertiary/aromatic N) is 1. The normalized spacial score (nSPS) is 18.8. The Morgan fingerprint density at radius 1 is 1.55 bits per heavy atom. The molecule has 0 bridgehead atoms. The van der Waals surface area contributed by atoms with E-state index in [4.69, 9.17) is 0 Å². The third-order valence-electron chi connectivity index (χ3n) is 3.74. The van der Waals surface area contributed by atoms with E-state index < -0.39 is 0 Å². The van der Waals surface area contributed by atoms with Crippen molar-refractivity contribution in [2.75, 3.05) is 26.2 Å². The number of amides is 1. The van der Waals surface area contributed by atoms with Gasteiger partial charge < -0.3 is 15.3 Å². The summed E-state index contributed by atoms with van der Waals surface area (Å²) in [5.41, 5.74) is 0.366. The molecule has 1 fully saturated rings. The second-order valence-electron chi connectivity index (χ2n) is 5.22. The standard InChI is InChI=1S/C15H21BrN2O2/c1-2-18(10-11-4-3-7-17-9-11)15(20)13-8-12(16)5-6-14(13)19/h5-6,8,11,17,19H,2-4,7,9-10H2,1H3. The van der Waals surface area contributed by atoms with Crippen LogP contribution >= 0.6 is 15.9 Å². The molecule has 0 radical (unpaired) electrons. The Hall–Kier alpha value is -1.07. The molecule has 0 spiro atoms. The van der Waals surface area contributed by atoms with Crippen LogP contribution < -0.4 is 5.32 Å². The van der Waals surface area contributed by atoms with Crippen molar-refractivity contribution >= 4 is 21.8 Å². The molecule has 1 aromatic rings. The van der Waals surface area contributed by atoms with Gasteiger partial charge in [0.2, 0.25) is 0 Å². The summed E-state index contributed by atoms with van der Waals surface area (Å²) in [5.74, 6) is 0.442. The molecule has 0 aliphatic carbocycles. The first-order chi connectivity index (χ1) is 9.61. The van der Waals surface area contributed by atoms with Crippen LogP contribution in [0.1, 0.15) is 30.1 Å². The number of aromatic hydroxyl groups is 1. The van der Waals surface area contributed by atoms with Gasteiger partial charge in [-0.2, -0.15) is 0 Å². The van der Waals surface area contributed by atoms with Crippen LogP contribution in [-0.2, 0) is 0 Å². The van der Waals surface area contributed by atoms with E-state index in [2.05, 4.69) is 21.2 Å². The number of nitrogens with one attached hydrogen (secondary N) is 1. The highest BCUT2D eigenvalue weighted by Crippen LogP contribution is 2.24. The number of hydrogen-bond acceptors (Lipinski definition) is 3. The van der Waals surface area contributed by atoms with Gasteiger partial charge in [0.25, 0.3) is 5.91 Å². The smallest absolute Gasteiger partial charge is 0.257 e. The summed E-state index contributed by atoms with van der Waals surface area (Å²) in [6.07, 6.45) is 2.32. The molecule has 2 N–H and O–H groups in total. The van der Waals surface area contributed by atoms with Crippen molar-refractivity contribution in [3.63, 3.8) is 0 Å². The van der Waals surface area contributed by atoms with Gasteiger partial charge in [0.1, 0.15) is 5.75 Å².